The van der Waals surface area contributed by atoms with E-state index in [2.05, 4.69) is 27.1 Å². The van der Waals surface area contributed by atoms with Crippen molar-refractivity contribution in [3.63, 3.8) is 0 Å². The summed E-state index contributed by atoms with van der Waals surface area (Å²) >= 11 is 5.85. The lowest BCUT2D eigenvalue weighted by Gasteiger charge is -2.33. The molecule has 1 aliphatic rings. The Labute approximate surface area is 147 Å². The highest BCUT2D eigenvalue weighted by atomic mass is 35.5. The molecule has 0 aliphatic carbocycles. The first kappa shape index (κ1) is 16.7. The number of pyridine rings is 1. The van der Waals surface area contributed by atoms with Gasteiger partial charge in [-0.05, 0) is 36.9 Å². The number of amides is 1. The van der Waals surface area contributed by atoms with E-state index in [0.717, 1.165) is 37.4 Å². The van der Waals surface area contributed by atoms with Crippen LogP contribution in [0.1, 0.15) is 5.56 Å². The molecule has 126 valence electrons. The molecule has 0 saturated carbocycles. The molecule has 3 rings (SSSR count). The van der Waals surface area contributed by atoms with Crippen LogP contribution in [0, 0.1) is 0 Å². The molecule has 6 heteroatoms. The SMILES string of the molecule is CN1CCN(c2ccc(NC(=O)Cc3ccc(Cl)cc3)nc2)CC1. The maximum atomic E-state index is 12.1. The summed E-state index contributed by atoms with van der Waals surface area (Å²) in [5.74, 6) is 0.490. The number of nitrogens with one attached hydrogen (secondary N) is 1. The molecule has 2 aromatic rings. The molecular formula is C18H21ClN4O. The molecule has 1 aromatic heterocycles. The molecule has 24 heavy (non-hydrogen) atoms. The minimum atomic E-state index is -0.0860. The topological polar surface area (TPSA) is 48.5 Å². The molecule has 0 atom stereocenters. The first-order chi connectivity index (χ1) is 11.6. The van der Waals surface area contributed by atoms with Gasteiger partial charge in [0.25, 0.3) is 0 Å². The van der Waals surface area contributed by atoms with Gasteiger partial charge in [0.05, 0.1) is 18.3 Å². The Kier molecular flexibility index (Phi) is 5.33. The van der Waals surface area contributed by atoms with E-state index in [4.69, 9.17) is 11.6 Å². The van der Waals surface area contributed by atoms with Gasteiger partial charge in [-0.1, -0.05) is 23.7 Å². The molecule has 1 N–H and O–H groups in total. The van der Waals surface area contributed by atoms with Crippen LogP contribution in [0.2, 0.25) is 5.02 Å². The Hall–Kier alpha value is -2.11. The number of hydrogen-bond donors (Lipinski definition) is 1. The highest BCUT2D eigenvalue weighted by molar-refractivity contribution is 6.30. The highest BCUT2D eigenvalue weighted by Crippen LogP contribution is 2.17. The minimum absolute atomic E-state index is 0.0860. The zero-order valence-corrected chi connectivity index (χ0v) is 14.5. The van der Waals surface area contributed by atoms with Crippen LogP contribution in [0.4, 0.5) is 11.5 Å². The fourth-order valence-corrected chi connectivity index (χ4v) is 2.81. The summed E-state index contributed by atoms with van der Waals surface area (Å²) in [5.41, 5.74) is 2.02. The van der Waals surface area contributed by atoms with Gasteiger partial charge in [-0.15, -0.1) is 0 Å². The first-order valence-electron chi connectivity index (χ1n) is 8.04. The number of aromatic nitrogens is 1. The molecule has 0 spiro atoms. The lowest BCUT2D eigenvalue weighted by Crippen LogP contribution is -2.44. The minimum Gasteiger partial charge on any atom is -0.368 e. The average molecular weight is 345 g/mol. The van der Waals surface area contributed by atoms with Gasteiger partial charge < -0.3 is 15.1 Å². The van der Waals surface area contributed by atoms with Crippen molar-refractivity contribution < 1.29 is 4.79 Å². The maximum absolute atomic E-state index is 12.1. The van der Waals surface area contributed by atoms with Crippen LogP contribution in [-0.4, -0.2) is 49.0 Å². The van der Waals surface area contributed by atoms with E-state index in [9.17, 15) is 4.79 Å². The Morgan fingerprint density at radius 2 is 1.83 bits per heavy atom. The molecule has 2 heterocycles. The molecule has 1 aliphatic heterocycles. The van der Waals surface area contributed by atoms with Crippen LogP contribution in [0.15, 0.2) is 42.6 Å². The molecule has 0 radical (unpaired) electrons. The van der Waals surface area contributed by atoms with Gasteiger partial charge in [0.2, 0.25) is 5.91 Å². The van der Waals surface area contributed by atoms with Crippen LogP contribution in [0.5, 0.6) is 0 Å². The zero-order valence-electron chi connectivity index (χ0n) is 13.7. The molecule has 1 aromatic carbocycles. The second-order valence-electron chi connectivity index (χ2n) is 6.04. The summed E-state index contributed by atoms with van der Waals surface area (Å²) in [4.78, 5) is 21.1. The van der Waals surface area contributed by atoms with Gasteiger partial charge in [0.1, 0.15) is 5.82 Å². The standard InChI is InChI=1S/C18H21ClN4O/c1-22-8-10-23(11-9-22)16-6-7-17(20-13-16)21-18(24)12-14-2-4-15(19)5-3-14/h2-7,13H,8-12H2,1H3,(H,20,21,24). The van der Waals surface area contributed by atoms with Crippen molar-refractivity contribution in [2.75, 3.05) is 43.4 Å². The smallest absolute Gasteiger partial charge is 0.229 e. The second kappa shape index (κ2) is 7.64. The van der Waals surface area contributed by atoms with Crippen molar-refractivity contribution in [1.29, 1.82) is 0 Å². The number of hydrogen-bond acceptors (Lipinski definition) is 4. The van der Waals surface area contributed by atoms with Gasteiger partial charge in [0.15, 0.2) is 0 Å². The second-order valence-corrected chi connectivity index (χ2v) is 6.48. The third-order valence-corrected chi connectivity index (χ3v) is 4.41. The van der Waals surface area contributed by atoms with E-state index >= 15 is 0 Å². The fourth-order valence-electron chi connectivity index (χ4n) is 2.69. The molecule has 1 amide bonds. The van der Waals surface area contributed by atoms with Crippen molar-refractivity contribution in [2.45, 2.75) is 6.42 Å². The van der Waals surface area contributed by atoms with Crippen LogP contribution >= 0.6 is 11.6 Å². The van der Waals surface area contributed by atoms with Crippen LogP contribution in [0.3, 0.4) is 0 Å². The van der Waals surface area contributed by atoms with Gasteiger partial charge in [0, 0.05) is 31.2 Å². The summed E-state index contributed by atoms with van der Waals surface area (Å²) < 4.78 is 0. The number of halogens is 1. The van der Waals surface area contributed by atoms with E-state index in [-0.39, 0.29) is 5.91 Å². The molecule has 1 fully saturated rings. The summed E-state index contributed by atoms with van der Waals surface area (Å²) in [6.45, 7) is 4.11. The van der Waals surface area contributed by atoms with E-state index in [0.29, 0.717) is 17.3 Å². The van der Waals surface area contributed by atoms with Crippen molar-refractivity contribution in [2.24, 2.45) is 0 Å². The Morgan fingerprint density at radius 1 is 1.12 bits per heavy atom. The van der Waals surface area contributed by atoms with E-state index < -0.39 is 0 Å². The summed E-state index contributed by atoms with van der Waals surface area (Å²) in [7, 11) is 2.13. The number of rotatable bonds is 4. The largest absolute Gasteiger partial charge is 0.368 e. The van der Waals surface area contributed by atoms with Crippen molar-refractivity contribution in [3.05, 3.63) is 53.2 Å². The van der Waals surface area contributed by atoms with Crippen molar-refractivity contribution in [1.82, 2.24) is 9.88 Å². The van der Waals surface area contributed by atoms with Crippen LogP contribution in [0.25, 0.3) is 0 Å². The number of carbonyl (C=O) groups excluding carboxylic acids is 1. The van der Waals surface area contributed by atoms with Crippen molar-refractivity contribution >= 4 is 29.0 Å². The average Bonchev–Trinajstić information content (AvgIpc) is 2.58. The lowest BCUT2D eigenvalue weighted by atomic mass is 10.1. The first-order valence-corrected chi connectivity index (χ1v) is 8.42. The highest BCUT2D eigenvalue weighted by Gasteiger charge is 2.14. The van der Waals surface area contributed by atoms with Crippen LogP contribution in [-0.2, 0) is 11.2 Å². The summed E-state index contributed by atoms with van der Waals surface area (Å²) in [5, 5.41) is 3.50. The van der Waals surface area contributed by atoms with Gasteiger partial charge in [-0.2, -0.15) is 0 Å². The van der Waals surface area contributed by atoms with Gasteiger partial charge in [-0.25, -0.2) is 4.98 Å². The maximum Gasteiger partial charge on any atom is 0.229 e. The Balaban J connectivity index is 1.55. The summed E-state index contributed by atoms with van der Waals surface area (Å²) in [6, 6.07) is 11.1. The quantitative estimate of drug-likeness (QED) is 0.926. The molecular weight excluding hydrogens is 324 g/mol. The van der Waals surface area contributed by atoms with Gasteiger partial charge in [-0.3, -0.25) is 4.79 Å². The molecule has 0 bridgehead atoms. The number of carbonyl (C=O) groups is 1. The summed E-state index contributed by atoms with van der Waals surface area (Å²) in [6.07, 6.45) is 2.13. The number of benzene rings is 1. The van der Waals surface area contributed by atoms with E-state index in [1.165, 1.54) is 0 Å². The number of nitrogens with zero attached hydrogens (tertiary/aromatic N) is 3. The third-order valence-electron chi connectivity index (χ3n) is 4.16. The molecule has 1 saturated heterocycles. The predicted octanol–water partition coefficient (Wildman–Crippen LogP) is 2.67. The zero-order chi connectivity index (χ0) is 16.9. The third kappa shape index (κ3) is 4.46. The van der Waals surface area contributed by atoms with E-state index in [1.54, 1.807) is 12.1 Å². The number of piperazine rings is 1. The monoisotopic (exact) mass is 344 g/mol. The molecule has 0 unspecified atom stereocenters. The Bertz CT molecular complexity index is 679. The number of likely N-dealkylation sites (N-methyl/N-ethyl adjacent to an activating group) is 1. The number of anilines is 2. The fraction of sp³-hybridized carbons (Fsp3) is 0.333. The van der Waals surface area contributed by atoms with Crippen molar-refractivity contribution in [3.8, 4) is 0 Å². The normalized spacial score (nSPS) is 15.3. The molecule has 5 nitrogen and oxygen atoms in total. The van der Waals surface area contributed by atoms with E-state index in [1.807, 2.05) is 30.5 Å². The Morgan fingerprint density at radius 3 is 2.46 bits per heavy atom. The lowest BCUT2D eigenvalue weighted by molar-refractivity contribution is -0.115. The predicted molar refractivity (Wildman–Crippen MR) is 97.7 cm³/mol. The van der Waals surface area contributed by atoms with Crippen LogP contribution < -0.4 is 10.2 Å². The van der Waals surface area contributed by atoms with Gasteiger partial charge >= 0.3 is 0 Å².